The monoisotopic (exact) mass is 345 g/mol. The summed E-state index contributed by atoms with van der Waals surface area (Å²) in [7, 11) is 0. The standard InChI is InChI=1S/C19H18F3N3/c20-19(21,22)14-8-7-13-6-5-12-3-1-2-4-15(12)17(16(13)11-14)25-18-23-9-10-24-18/h1-4,7-8,11,17H,5-6,9-10H2,(H2,23,24,25). The number of nitrogens with one attached hydrogen (secondary N) is 2. The molecule has 0 saturated heterocycles. The van der Waals surface area contributed by atoms with Gasteiger partial charge in [0, 0.05) is 6.54 Å². The zero-order chi connectivity index (χ0) is 17.4. The molecule has 6 heteroatoms. The van der Waals surface area contributed by atoms with Crippen molar-refractivity contribution in [3.8, 4) is 0 Å². The topological polar surface area (TPSA) is 36.4 Å². The number of guanidine groups is 1. The molecule has 2 aromatic carbocycles. The number of aryl methyl sites for hydroxylation is 2. The second-order valence-corrected chi connectivity index (χ2v) is 6.34. The first kappa shape index (κ1) is 16.0. The molecule has 25 heavy (non-hydrogen) atoms. The largest absolute Gasteiger partial charge is 0.416 e. The van der Waals surface area contributed by atoms with E-state index in [1.807, 2.05) is 24.3 Å². The van der Waals surface area contributed by atoms with E-state index in [4.69, 9.17) is 0 Å². The van der Waals surface area contributed by atoms with Crippen LogP contribution in [0.25, 0.3) is 0 Å². The highest BCUT2D eigenvalue weighted by Crippen LogP contribution is 2.37. The van der Waals surface area contributed by atoms with E-state index in [9.17, 15) is 13.2 Å². The Balaban J connectivity index is 1.84. The van der Waals surface area contributed by atoms with Crippen molar-refractivity contribution >= 4 is 5.96 Å². The molecule has 0 saturated carbocycles. The van der Waals surface area contributed by atoms with Crippen molar-refractivity contribution in [2.24, 2.45) is 4.99 Å². The van der Waals surface area contributed by atoms with Gasteiger partial charge in [-0.2, -0.15) is 13.2 Å². The number of benzene rings is 2. The Kier molecular flexibility index (Phi) is 3.90. The van der Waals surface area contributed by atoms with E-state index >= 15 is 0 Å². The molecule has 1 heterocycles. The average Bonchev–Trinajstić information content (AvgIpc) is 3.05. The van der Waals surface area contributed by atoms with Gasteiger partial charge in [0.25, 0.3) is 0 Å². The van der Waals surface area contributed by atoms with E-state index in [0.29, 0.717) is 18.1 Å². The van der Waals surface area contributed by atoms with Crippen LogP contribution in [0, 0.1) is 0 Å². The number of rotatable bonds is 1. The lowest BCUT2D eigenvalue weighted by molar-refractivity contribution is -0.137. The van der Waals surface area contributed by atoms with Crippen molar-refractivity contribution in [2.45, 2.75) is 25.1 Å². The second-order valence-electron chi connectivity index (χ2n) is 6.34. The normalized spacial score (nSPS) is 19.3. The number of aliphatic imine (C=N–C) groups is 1. The van der Waals surface area contributed by atoms with Crippen LogP contribution in [0.3, 0.4) is 0 Å². The number of alkyl halides is 3. The van der Waals surface area contributed by atoms with Crippen molar-refractivity contribution in [3.63, 3.8) is 0 Å². The lowest BCUT2D eigenvalue weighted by atomic mass is 9.93. The molecule has 0 aromatic heterocycles. The first-order chi connectivity index (χ1) is 12.0. The minimum absolute atomic E-state index is 0.347. The summed E-state index contributed by atoms with van der Waals surface area (Å²) in [6, 6.07) is 11.7. The summed E-state index contributed by atoms with van der Waals surface area (Å²) in [6.45, 7) is 1.41. The van der Waals surface area contributed by atoms with Crippen LogP contribution in [-0.2, 0) is 19.0 Å². The molecule has 1 atom stereocenters. The van der Waals surface area contributed by atoms with E-state index in [1.54, 1.807) is 6.07 Å². The van der Waals surface area contributed by atoms with Gasteiger partial charge in [-0.3, -0.25) is 4.99 Å². The fourth-order valence-electron chi connectivity index (χ4n) is 3.53. The first-order valence-electron chi connectivity index (χ1n) is 8.35. The first-order valence-corrected chi connectivity index (χ1v) is 8.35. The minimum atomic E-state index is -4.35. The van der Waals surface area contributed by atoms with Crippen LogP contribution in [0.5, 0.6) is 0 Å². The van der Waals surface area contributed by atoms with Crippen molar-refractivity contribution in [1.82, 2.24) is 10.6 Å². The van der Waals surface area contributed by atoms with Gasteiger partial charge < -0.3 is 10.6 Å². The Morgan fingerprint density at radius 2 is 1.76 bits per heavy atom. The Labute approximate surface area is 144 Å². The molecule has 0 amide bonds. The van der Waals surface area contributed by atoms with Gasteiger partial charge in [-0.1, -0.05) is 30.3 Å². The van der Waals surface area contributed by atoms with Crippen LogP contribution in [-0.4, -0.2) is 19.0 Å². The lowest BCUT2D eigenvalue weighted by Crippen LogP contribution is -2.37. The van der Waals surface area contributed by atoms with E-state index < -0.39 is 11.7 Å². The molecular weight excluding hydrogens is 327 g/mol. The van der Waals surface area contributed by atoms with Gasteiger partial charge in [-0.05, 0) is 47.2 Å². The maximum atomic E-state index is 13.2. The molecule has 0 radical (unpaired) electrons. The van der Waals surface area contributed by atoms with Gasteiger partial charge in [-0.15, -0.1) is 0 Å². The van der Waals surface area contributed by atoms with E-state index in [0.717, 1.165) is 36.1 Å². The zero-order valence-electron chi connectivity index (χ0n) is 13.5. The minimum Gasteiger partial charge on any atom is -0.355 e. The third-order valence-corrected chi connectivity index (χ3v) is 4.77. The average molecular weight is 345 g/mol. The summed E-state index contributed by atoms with van der Waals surface area (Å²) in [5.41, 5.74) is 3.18. The summed E-state index contributed by atoms with van der Waals surface area (Å²) in [4.78, 5) is 4.35. The number of fused-ring (bicyclic) bond motifs is 2. The van der Waals surface area contributed by atoms with Gasteiger partial charge in [-0.25, -0.2) is 0 Å². The smallest absolute Gasteiger partial charge is 0.355 e. The number of nitrogens with zero attached hydrogens (tertiary/aromatic N) is 1. The predicted molar refractivity (Wildman–Crippen MR) is 90.6 cm³/mol. The molecule has 0 fully saturated rings. The third kappa shape index (κ3) is 3.08. The van der Waals surface area contributed by atoms with Crippen LogP contribution in [0.1, 0.15) is 33.9 Å². The van der Waals surface area contributed by atoms with Crippen LogP contribution in [0.2, 0.25) is 0 Å². The van der Waals surface area contributed by atoms with Gasteiger partial charge in [0.1, 0.15) is 0 Å². The molecule has 2 aromatic rings. The highest BCUT2D eigenvalue weighted by atomic mass is 19.4. The quantitative estimate of drug-likeness (QED) is 0.831. The van der Waals surface area contributed by atoms with Crippen molar-refractivity contribution in [1.29, 1.82) is 0 Å². The van der Waals surface area contributed by atoms with Crippen LogP contribution < -0.4 is 10.6 Å². The molecule has 3 nitrogen and oxygen atoms in total. The third-order valence-electron chi connectivity index (χ3n) is 4.77. The summed E-state index contributed by atoms with van der Waals surface area (Å²) in [5, 5.41) is 6.47. The van der Waals surface area contributed by atoms with Gasteiger partial charge >= 0.3 is 6.18 Å². The van der Waals surface area contributed by atoms with E-state index in [-0.39, 0.29) is 6.04 Å². The molecule has 0 spiro atoms. The molecule has 130 valence electrons. The zero-order valence-corrected chi connectivity index (χ0v) is 13.5. The fourth-order valence-corrected chi connectivity index (χ4v) is 3.53. The Morgan fingerprint density at radius 1 is 1.00 bits per heavy atom. The molecule has 2 aliphatic rings. The number of hydrogen-bond acceptors (Lipinski definition) is 3. The van der Waals surface area contributed by atoms with Crippen LogP contribution in [0.15, 0.2) is 47.5 Å². The maximum Gasteiger partial charge on any atom is 0.416 e. The van der Waals surface area contributed by atoms with Crippen molar-refractivity contribution in [3.05, 3.63) is 70.3 Å². The lowest BCUT2D eigenvalue weighted by Gasteiger charge is -2.23. The van der Waals surface area contributed by atoms with E-state index in [1.165, 1.54) is 12.1 Å². The van der Waals surface area contributed by atoms with Gasteiger partial charge in [0.2, 0.25) is 0 Å². The highest BCUT2D eigenvalue weighted by molar-refractivity contribution is 5.82. The second kappa shape index (κ2) is 6.10. The number of hydrogen-bond donors (Lipinski definition) is 2. The van der Waals surface area contributed by atoms with Crippen LogP contribution in [0.4, 0.5) is 13.2 Å². The highest BCUT2D eigenvalue weighted by Gasteiger charge is 2.33. The molecule has 1 aliphatic heterocycles. The summed E-state index contributed by atoms with van der Waals surface area (Å²) in [5.74, 6) is 0.644. The molecule has 2 N–H and O–H groups in total. The molecule has 1 aliphatic carbocycles. The summed E-state index contributed by atoms with van der Waals surface area (Å²) < 4.78 is 39.7. The predicted octanol–water partition coefficient (Wildman–Crippen LogP) is 3.44. The van der Waals surface area contributed by atoms with Gasteiger partial charge in [0.15, 0.2) is 5.96 Å². The Bertz CT molecular complexity index is 827. The molecule has 4 rings (SSSR count). The fraction of sp³-hybridized carbons (Fsp3) is 0.316. The van der Waals surface area contributed by atoms with Gasteiger partial charge in [0.05, 0.1) is 18.2 Å². The van der Waals surface area contributed by atoms with E-state index in [2.05, 4.69) is 15.6 Å². The molecular formula is C19H18F3N3. The maximum absolute atomic E-state index is 13.2. The Hall–Kier alpha value is -2.50. The summed E-state index contributed by atoms with van der Waals surface area (Å²) in [6.07, 6.45) is -2.82. The summed E-state index contributed by atoms with van der Waals surface area (Å²) >= 11 is 0. The molecule has 0 bridgehead atoms. The van der Waals surface area contributed by atoms with Crippen molar-refractivity contribution < 1.29 is 13.2 Å². The molecule has 1 unspecified atom stereocenters. The Morgan fingerprint density at radius 3 is 2.48 bits per heavy atom. The SMILES string of the molecule is FC(F)(F)c1ccc2c(c1)C(NC1=NCCN1)c1ccccc1CC2. The number of halogens is 3. The van der Waals surface area contributed by atoms with Crippen LogP contribution >= 0.6 is 0 Å². The van der Waals surface area contributed by atoms with Crippen molar-refractivity contribution in [2.75, 3.05) is 13.1 Å².